The second kappa shape index (κ2) is 5.84. The Bertz CT molecular complexity index is 613. The van der Waals surface area contributed by atoms with Crippen molar-refractivity contribution in [1.82, 2.24) is 9.97 Å². The molecule has 1 heterocycles. The molecule has 0 amide bonds. The van der Waals surface area contributed by atoms with E-state index in [0.29, 0.717) is 5.92 Å². The number of aromatic nitrogens is 2. The lowest BCUT2D eigenvalue weighted by molar-refractivity contribution is 0.420. The van der Waals surface area contributed by atoms with E-state index in [-0.39, 0.29) is 0 Å². The monoisotopic (exact) mass is 281 g/mol. The van der Waals surface area contributed by atoms with Crippen molar-refractivity contribution in [3.8, 4) is 11.3 Å². The number of rotatable bonds is 4. The number of nitrogens with one attached hydrogen (secondary N) is 1. The number of nitrogens with zero attached hydrogens (tertiary/aromatic N) is 2. The first-order valence-corrected chi connectivity index (χ1v) is 7.84. The fourth-order valence-corrected chi connectivity index (χ4v) is 2.67. The fourth-order valence-electron chi connectivity index (χ4n) is 2.67. The molecule has 0 radical (unpaired) electrons. The molecule has 0 unspecified atom stereocenters. The van der Waals surface area contributed by atoms with Gasteiger partial charge in [-0.25, -0.2) is 9.97 Å². The molecule has 0 spiro atoms. The van der Waals surface area contributed by atoms with E-state index in [1.165, 1.54) is 30.4 Å². The van der Waals surface area contributed by atoms with Gasteiger partial charge in [0, 0.05) is 24.6 Å². The first-order chi connectivity index (χ1) is 10.2. The minimum Gasteiger partial charge on any atom is -0.373 e. The molecule has 1 aliphatic rings. The van der Waals surface area contributed by atoms with Crippen molar-refractivity contribution in [2.24, 2.45) is 0 Å². The van der Waals surface area contributed by atoms with E-state index in [9.17, 15) is 0 Å². The number of anilines is 1. The van der Waals surface area contributed by atoms with Crippen molar-refractivity contribution < 1.29 is 0 Å². The lowest BCUT2D eigenvalue weighted by atomic mass is 9.80. The molecule has 1 aromatic carbocycles. The summed E-state index contributed by atoms with van der Waals surface area (Å²) < 4.78 is 0. The molecule has 1 fully saturated rings. The van der Waals surface area contributed by atoms with Gasteiger partial charge in [0.25, 0.3) is 0 Å². The summed E-state index contributed by atoms with van der Waals surface area (Å²) in [5.74, 6) is 2.88. The van der Waals surface area contributed by atoms with Crippen LogP contribution in [0.2, 0.25) is 0 Å². The van der Waals surface area contributed by atoms with Gasteiger partial charge in [-0.3, -0.25) is 0 Å². The topological polar surface area (TPSA) is 37.8 Å². The molecule has 2 aromatic rings. The van der Waals surface area contributed by atoms with Gasteiger partial charge < -0.3 is 5.32 Å². The maximum absolute atomic E-state index is 4.71. The van der Waals surface area contributed by atoms with E-state index in [1.54, 1.807) is 0 Å². The molecule has 1 aliphatic carbocycles. The normalized spacial score (nSPS) is 15.0. The Morgan fingerprint density at radius 3 is 2.33 bits per heavy atom. The predicted molar refractivity (Wildman–Crippen MR) is 87.7 cm³/mol. The van der Waals surface area contributed by atoms with Crippen LogP contribution in [0.5, 0.6) is 0 Å². The van der Waals surface area contributed by atoms with Crippen molar-refractivity contribution in [3.05, 3.63) is 41.7 Å². The van der Waals surface area contributed by atoms with Crippen LogP contribution in [0.1, 0.15) is 56.3 Å². The summed E-state index contributed by atoms with van der Waals surface area (Å²) in [6.07, 6.45) is 4.06. The fraction of sp³-hybridized carbons (Fsp3) is 0.444. The average Bonchev–Trinajstić information content (AvgIpc) is 2.45. The summed E-state index contributed by atoms with van der Waals surface area (Å²) >= 11 is 0. The molecule has 110 valence electrons. The first-order valence-electron chi connectivity index (χ1n) is 7.84. The highest BCUT2D eigenvalue weighted by molar-refractivity contribution is 5.63. The molecule has 0 bridgehead atoms. The maximum Gasteiger partial charge on any atom is 0.133 e. The Balaban J connectivity index is 1.93. The molecule has 3 nitrogen and oxygen atoms in total. The standard InChI is InChI=1S/C18H23N3/c1-12(2)18-20-16(11-17(19-3)21-18)15-9-7-14(8-10-15)13-5-4-6-13/h7-13H,4-6H2,1-3H3,(H,19,20,21). The van der Waals surface area contributed by atoms with E-state index >= 15 is 0 Å². The number of hydrogen-bond donors (Lipinski definition) is 1. The molecular formula is C18H23N3. The van der Waals surface area contributed by atoms with Gasteiger partial charge in [0.05, 0.1) is 5.69 Å². The molecule has 0 saturated heterocycles. The Morgan fingerprint density at radius 2 is 1.81 bits per heavy atom. The summed E-state index contributed by atoms with van der Waals surface area (Å²) in [6.45, 7) is 4.25. The maximum atomic E-state index is 4.71. The van der Waals surface area contributed by atoms with E-state index < -0.39 is 0 Å². The third-order valence-electron chi connectivity index (χ3n) is 4.30. The minimum absolute atomic E-state index is 0.325. The Morgan fingerprint density at radius 1 is 1.10 bits per heavy atom. The van der Waals surface area contributed by atoms with Gasteiger partial charge in [0.15, 0.2) is 0 Å². The summed E-state index contributed by atoms with van der Waals surface area (Å²) in [6, 6.07) is 10.9. The zero-order valence-electron chi connectivity index (χ0n) is 13.1. The highest BCUT2D eigenvalue weighted by atomic mass is 15.0. The van der Waals surface area contributed by atoms with Crippen molar-refractivity contribution in [2.75, 3.05) is 12.4 Å². The summed E-state index contributed by atoms with van der Waals surface area (Å²) in [5, 5.41) is 3.13. The van der Waals surface area contributed by atoms with Crippen LogP contribution in [-0.2, 0) is 0 Å². The van der Waals surface area contributed by atoms with Gasteiger partial charge in [0.1, 0.15) is 11.6 Å². The molecule has 3 heteroatoms. The molecule has 1 aromatic heterocycles. The van der Waals surface area contributed by atoms with Crippen LogP contribution in [0.3, 0.4) is 0 Å². The smallest absolute Gasteiger partial charge is 0.133 e. The van der Waals surface area contributed by atoms with Gasteiger partial charge in [-0.05, 0) is 24.3 Å². The lowest BCUT2D eigenvalue weighted by Gasteiger charge is -2.25. The largest absolute Gasteiger partial charge is 0.373 e. The second-order valence-corrected chi connectivity index (χ2v) is 6.15. The zero-order valence-corrected chi connectivity index (χ0v) is 13.1. The van der Waals surface area contributed by atoms with Crippen LogP contribution in [0.25, 0.3) is 11.3 Å². The minimum atomic E-state index is 0.325. The Labute approximate surface area is 126 Å². The van der Waals surface area contributed by atoms with Crippen molar-refractivity contribution in [1.29, 1.82) is 0 Å². The molecule has 1 N–H and O–H groups in total. The van der Waals surface area contributed by atoms with Crippen molar-refractivity contribution in [3.63, 3.8) is 0 Å². The van der Waals surface area contributed by atoms with Crippen LogP contribution >= 0.6 is 0 Å². The average molecular weight is 281 g/mol. The third kappa shape index (κ3) is 2.92. The van der Waals surface area contributed by atoms with Crippen LogP contribution < -0.4 is 5.32 Å². The van der Waals surface area contributed by atoms with Crippen LogP contribution in [-0.4, -0.2) is 17.0 Å². The molecular weight excluding hydrogens is 258 g/mol. The first kappa shape index (κ1) is 14.1. The predicted octanol–water partition coefficient (Wildman–Crippen LogP) is 4.58. The Hall–Kier alpha value is -1.90. The Kier molecular flexibility index (Phi) is 3.91. The highest BCUT2D eigenvalue weighted by Crippen LogP contribution is 2.36. The molecule has 0 atom stereocenters. The third-order valence-corrected chi connectivity index (χ3v) is 4.30. The van der Waals surface area contributed by atoms with Crippen molar-refractivity contribution >= 4 is 5.82 Å². The number of hydrogen-bond acceptors (Lipinski definition) is 3. The molecule has 1 saturated carbocycles. The van der Waals surface area contributed by atoms with E-state index in [1.807, 2.05) is 13.1 Å². The summed E-state index contributed by atoms with van der Waals surface area (Å²) in [7, 11) is 1.90. The highest BCUT2D eigenvalue weighted by Gasteiger charge is 2.19. The molecule has 3 rings (SSSR count). The van der Waals surface area contributed by atoms with Gasteiger partial charge in [-0.15, -0.1) is 0 Å². The van der Waals surface area contributed by atoms with Gasteiger partial charge >= 0.3 is 0 Å². The van der Waals surface area contributed by atoms with Crippen LogP contribution in [0, 0.1) is 0 Å². The van der Waals surface area contributed by atoms with Gasteiger partial charge in [0.2, 0.25) is 0 Å². The molecule has 21 heavy (non-hydrogen) atoms. The van der Waals surface area contributed by atoms with Gasteiger partial charge in [-0.2, -0.15) is 0 Å². The number of benzene rings is 1. The summed E-state index contributed by atoms with van der Waals surface area (Å²) in [5.41, 5.74) is 3.63. The zero-order chi connectivity index (χ0) is 14.8. The van der Waals surface area contributed by atoms with E-state index in [4.69, 9.17) is 4.98 Å². The van der Waals surface area contributed by atoms with Crippen LogP contribution in [0.4, 0.5) is 5.82 Å². The van der Waals surface area contributed by atoms with Gasteiger partial charge in [-0.1, -0.05) is 44.5 Å². The van der Waals surface area contributed by atoms with E-state index in [0.717, 1.165) is 23.3 Å². The summed E-state index contributed by atoms with van der Waals surface area (Å²) in [4.78, 5) is 9.23. The molecule has 0 aliphatic heterocycles. The van der Waals surface area contributed by atoms with E-state index in [2.05, 4.69) is 48.4 Å². The quantitative estimate of drug-likeness (QED) is 0.891. The van der Waals surface area contributed by atoms with Crippen molar-refractivity contribution in [2.45, 2.75) is 44.9 Å². The van der Waals surface area contributed by atoms with Crippen LogP contribution in [0.15, 0.2) is 30.3 Å². The second-order valence-electron chi connectivity index (χ2n) is 6.15. The SMILES string of the molecule is CNc1cc(-c2ccc(C3CCC3)cc2)nc(C(C)C)n1. The lowest BCUT2D eigenvalue weighted by Crippen LogP contribution is -2.08.